The van der Waals surface area contributed by atoms with Crippen molar-refractivity contribution < 1.29 is 119 Å². The first-order chi connectivity index (χ1) is 42.9. The normalized spacial score (nSPS) is 9.39. The van der Waals surface area contributed by atoms with Crippen molar-refractivity contribution in [2.45, 2.75) is 41.4 Å². The number of carbonyl (C=O) groups excluding carboxylic acids is 6. The second-order valence-electron chi connectivity index (χ2n) is 16.3. The van der Waals surface area contributed by atoms with Gasteiger partial charge in [-0.3, -0.25) is 34.4 Å². The number of benzene rings is 6. The van der Waals surface area contributed by atoms with E-state index in [4.69, 9.17) is 67.0 Å². The van der Waals surface area contributed by atoms with Crippen molar-refractivity contribution in [3.05, 3.63) is 169 Å². The molecule has 0 radical (unpaired) electrons. The summed E-state index contributed by atoms with van der Waals surface area (Å²) in [6.45, 7) is 4.95. The number of carbonyl (C=O) groups is 6. The molecule has 0 aromatic heterocycles. The Morgan fingerprint density at radius 1 is 0.522 bits per heavy atom. The molecule has 6 N–H and O–H groups in total. The van der Waals surface area contributed by atoms with Crippen LogP contribution in [0, 0.1) is 20.2 Å². The Morgan fingerprint density at radius 3 is 1.20 bits per heavy atom. The third-order valence-corrected chi connectivity index (χ3v) is 9.89. The molecular formula is C59H73Cl2N3O27S. The average Bonchev–Trinajstić information content (AvgIpc) is 0.878. The first-order valence-corrected chi connectivity index (χ1v) is 28.1. The minimum absolute atomic E-state index is 0. The highest BCUT2D eigenvalue weighted by Gasteiger charge is 2.26. The number of anilines is 1. The minimum Gasteiger partial charge on any atom is -0.504 e. The van der Waals surface area contributed by atoms with E-state index >= 15 is 0 Å². The minimum atomic E-state index is -3.67. The summed E-state index contributed by atoms with van der Waals surface area (Å²) in [5.74, 6) is -2.69. The van der Waals surface area contributed by atoms with Crippen molar-refractivity contribution in [1.29, 1.82) is 0 Å². The zero-order valence-corrected chi connectivity index (χ0v) is 53.4. The van der Waals surface area contributed by atoms with Crippen molar-refractivity contribution in [3.8, 4) is 46.0 Å². The molecule has 0 aliphatic carbocycles. The molecule has 506 valence electrons. The van der Waals surface area contributed by atoms with Gasteiger partial charge in [-0.25, -0.2) is 19.2 Å². The molecule has 33 heteroatoms. The number of nitrogens with two attached hydrogens (primary N) is 1. The van der Waals surface area contributed by atoms with Gasteiger partial charge in [-0.1, -0.05) is 68.1 Å². The molecule has 6 aromatic carbocycles. The Morgan fingerprint density at radius 2 is 0.848 bits per heavy atom. The maximum atomic E-state index is 11.7. The smallest absolute Gasteiger partial charge is 0.345 e. The molecule has 92 heavy (non-hydrogen) atoms. The molecule has 0 unspecified atom stereocenters. The summed E-state index contributed by atoms with van der Waals surface area (Å²) in [7, 11) is 6.75. The highest BCUT2D eigenvalue weighted by molar-refractivity contribution is 7.85. The number of phenolic OH excluding ortho intramolecular Hbond substituents is 2. The fourth-order valence-electron chi connectivity index (χ4n) is 6.13. The van der Waals surface area contributed by atoms with Gasteiger partial charge in [0.25, 0.3) is 21.5 Å². The zero-order valence-electron chi connectivity index (χ0n) is 51.1. The van der Waals surface area contributed by atoms with E-state index in [1.807, 2.05) is 60.7 Å². The summed E-state index contributed by atoms with van der Waals surface area (Å²) in [5.41, 5.74) is 6.80. The van der Waals surface area contributed by atoms with Gasteiger partial charge in [-0.15, -0.1) is 23.2 Å². The lowest BCUT2D eigenvalue weighted by Crippen LogP contribution is -2.07. The monoisotopic (exact) mass is 1360 g/mol. The van der Waals surface area contributed by atoms with E-state index < -0.39 is 72.9 Å². The Hall–Kier alpha value is -10.2. The largest absolute Gasteiger partial charge is 0.504 e. The van der Waals surface area contributed by atoms with Crippen molar-refractivity contribution in [3.63, 3.8) is 0 Å². The second kappa shape index (κ2) is 46.8. The maximum absolute atomic E-state index is 11.7. The third kappa shape index (κ3) is 33.9. The number of rotatable bonds is 16. The van der Waals surface area contributed by atoms with E-state index in [0.29, 0.717) is 29.9 Å². The maximum Gasteiger partial charge on any atom is 0.345 e. The fraction of sp³-hybridized carbons (Fsp3) is 0.288. The van der Waals surface area contributed by atoms with Crippen LogP contribution < -0.4 is 34.2 Å². The highest BCUT2D eigenvalue weighted by atomic mass is 35.5. The molecule has 0 aliphatic rings. The van der Waals surface area contributed by atoms with Crippen molar-refractivity contribution in [1.82, 2.24) is 0 Å². The third-order valence-electron chi connectivity index (χ3n) is 9.89. The van der Waals surface area contributed by atoms with Crippen LogP contribution in [-0.4, -0.2) is 149 Å². The predicted octanol–water partition coefficient (Wildman–Crippen LogP) is 9.55. The van der Waals surface area contributed by atoms with Gasteiger partial charge in [0.05, 0.1) is 107 Å². The molecule has 0 amide bonds. The second-order valence-corrected chi connectivity index (χ2v) is 18.6. The number of aromatic hydroxyl groups is 2. The van der Waals surface area contributed by atoms with E-state index in [0.717, 1.165) is 43.5 Å². The average molecular weight is 1360 g/mol. The number of hydrogen-bond acceptors (Lipinski definition) is 27. The standard InChI is InChI=1S/C16H15NO6.C16H16O4.C9H9NO6.C9H11NO4.C4H6O3.C2H6O.CH2Cl2.CH4O3S.CH4/c1-21-14-8-12(16(18)22-2)13(17(19)20)9-15(14)23-10-11-6-4-3-5-7-11;1-18-15-10-13(16(17)19-2)8-9-14(15)20-11-12-6-4-3-5-7-12;1-15-8-3-5(9(12)16-2)6(10(13)14)4-7(8)11;1-13-8-3-5(9(12)14-2)6(10)4-7(8)11;1-3(5)7-4(2)6;1-2-3;2-1-3;1-5(2,3)4;/h3-9H,10H2,1-2H3;3-10H,11H2,1-2H3;3-4,11H,1-2H3;3-4,11H,10H2,1-2H3;1-2H3;3H,2H2,1H3;1H2;1H3,(H,2,3,4);1H4. The van der Waals surface area contributed by atoms with Crippen molar-refractivity contribution in [2.75, 3.05) is 80.8 Å². The Balaban J connectivity index is -0.00000106. The topological polar surface area (TPSA) is 431 Å². The number of halogens is 2. The number of alkyl halides is 2. The van der Waals surface area contributed by atoms with Gasteiger partial charge in [-0.05, 0) is 36.2 Å². The number of nitro groups is 2. The van der Waals surface area contributed by atoms with Crippen LogP contribution in [0.15, 0.2) is 115 Å². The number of ether oxygens (including phenoxy) is 11. The quantitative estimate of drug-likeness (QED) is 0.00879. The molecule has 0 heterocycles. The van der Waals surface area contributed by atoms with Crippen LogP contribution >= 0.6 is 23.2 Å². The first-order valence-electron chi connectivity index (χ1n) is 25.1. The van der Waals surface area contributed by atoms with Gasteiger partial charge < -0.3 is 73.2 Å². The van der Waals surface area contributed by atoms with Gasteiger partial charge in [-0.2, -0.15) is 8.42 Å². The predicted molar refractivity (Wildman–Crippen MR) is 336 cm³/mol. The van der Waals surface area contributed by atoms with Gasteiger partial charge in [0, 0.05) is 44.7 Å². The number of nitro benzene ring substituents is 2. The SMILES string of the molecule is C.CC(=O)OC(C)=O.CCO.COC(=O)c1cc(OC)c(O)cc1N.COC(=O)c1cc(OC)c(O)cc1[N+](=O)[O-].COC(=O)c1cc(OC)c(OCc2ccccc2)cc1[N+](=O)[O-].COC(=O)c1ccc(OCc2ccccc2)c(OC)c1.CS(=O)(=O)O.ClCCl. The van der Waals surface area contributed by atoms with Gasteiger partial charge >= 0.3 is 35.8 Å². The lowest BCUT2D eigenvalue weighted by atomic mass is 10.1. The fourth-order valence-corrected chi connectivity index (χ4v) is 6.13. The molecule has 0 atom stereocenters. The lowest BCUT2D eigenvalue weighted by molar-refractivity contribution is -0.385. The number of aliphatic hydroxyl groups excluding tert-OH is 1. The summed E-state index contributed by atoms with van der Waals surface area (Å²) >= 11 is 9.53. The van der Waals surface area contributed by atoms with Crippen LogP contribution in [0.2, 0.25) is 0 Å². The molecule has 30 nitrogen and oxygen atoms in total. The number of nitrogens with zero attached hydrogens (tertiary/aromatic N) is 2. The van der Waals surface area contributed by atoms with Crippen molar-refractivity contribution >= 4 is 86.2 Å². The molecular weight excluding hydrogens is 1290 g/mol. The van der Waals surface area contributed by atoms with E-state index in [-0.39, 0.29) is 77.1 Å². The van der Waals surface area contributed by atoms with Crippen LogP contribution in [0.5, 0.6) is 46.0 Å². The van der Waals surface area contributed by atoms with Crippen LogP contribution in [-0.2, 0) is 56.6 Å². The molecule has 0 fully saturated rings. The number of esters is 6. The van der Waals surface area contributed by atoms with Crippen LogP contribution in [0.25, 0.3) is 0 Å². The summed E-state index contributed by atoms with van der Waals surface area (Å²) in [5, 5.41) is 48.2. The van der Waals surface area contributed by atoms with Gasteiger partial charge in [0.15, 0.2) is 46.0 Å². The van der Waals surface area contributed by atoms with Crippen LogP contribution in [0.1, 0.15) is 80.8 Å². The Kier molecular flexibility index (Phi) is 43.8. The lowest BCUT2D eigenvalue weighted by Gasteiger charge is -2.12. The molecule has 0 bridgehead atoms. The van der Waals surface area contributed by atoms with Crippen LogP contribution in [0.4, 0.5) is 17.1 Å². The first kappa shape index (κ1) is 86.0. The molecule has 0 spiro atoms. The Bertz CT molecular complexity index is 3390. The number of hydrogen-bond donors (Lipinski definition) is 5. The summed E-state index contributed by atoms with van der Waals surface area (Å²) < 4.78 is 79.2. The van der Waals surface area contributed by atoms with Gasteiger partial charge in [0.2, 0.25) is 0 Å². The summed E-state index contributed by atoms with van der Waals surface area (Å²) in [6, 6.07) is 31.0. The molecule has 0 saturated heterocycles. The summed E-state index contributed by atoms with van der Waals surface area (Å²) in [6.07, 6.45) is 0.715. The molecule has 6 aromatic rings. The zero-order chi connectivity index (χ0) is 70.0. The highest BCUT2D eigenvalue weighted by Crippen LogP contribution is 2.37. The van der Waals surface area contributed by atoms with E-state index in [9.17, 15) is 67.6 Å². The molecule has 0 aliphatic heterocycles. The Labute approximate surface area is 540 Å². The van der Waals surface area contributed by atoms with E-state index in [1.165, 1.54) is 74.7 Å². The number of nitrogen functional groups attached to an aromatic ring is 1. The number of aliphatic hydroxyl groups is 1. The van der Waals surface area contributed by atoms with Crippen molar-refractivity contribution in [2.24, 2.45) is 0 Å². The number of methoxy groups -OCH3 is 8. The summed E-state index contributed by atoms with van der Waals surface area (Å²) in [4.78, 5) is 85.5. The molecule has 0 saturated carbocycles. The van der Waals surface area contributed by atoms with Crippen LogP contribution in [0.3, 0.4) is 0 Å². The van der Waals surface area contributed by atoms with E-state index in [1.54, 1.807) is 25.1 Å². The van der Waals surface area contributed by atoms with Gasteiger partial charge in [0.1, 0.15) is 24.3 Å². The number of phenols is 2. The van der Waals surface area contributed by atoms with E-state index in [2.05, 4.69) is 23.7 Å². The molecule has 6 rings (SSSR count).